The quantitative estimate of drug-likeness (QED) is 0.664. The van der Waals surface area contributed by atoms with Gasteiger partial charge >= 0.3 is 0 Å². The molecule has 0 aliphatic carbocycles. The lowest BCUT2D eigenvalue weighted by Crippen LogP contribution is -2.37. The summed E-state index contributed by atoms with van der Waals surface area (Å²) in [6.07, 6.45) is 1.43. The second-order valence-corrected chi connectivity index (χ2v) is 7.21. The Morgan fingerprint density at radius 2 is 2.00 bits per heavy atom. The Kier molecular flexibility index (Phi) is 6.29. The predicted octanol–water partition coefficient (Wildman–Crippen LogP) is 2.13. The normalized spacial score (nSPS) is 12.2. The summed E-state index contributed by atoms with van der Waals surface area (Å²) in [4.78, 5) is 31.6. The first-order valence-corrected chi connectivity index (χ1v) is 9.42. The second kappa shape index (κ2) is 8.87. The third kappa shape index (κ3) is 4.63. The lowest BCUT2D eigenvalue weighted by molar-refractivity contribution is -0.121. The molecule has 0 fully saturated rings. The van der Waals surface area contributed by atoms with E-state index in [-0.39, 0.29) is 24.1 Å². The van der Waals surface area contributed by atoms with E-state index in [1.54, 1.807) is 13.2 Å². The topological polar surface area (TPSA) is 76.5 Å². The standard InChI is InChI=1S/C22H26N4O3/c1-15-7-5-10-18-21(15)24-14-26(22(18)28)13-20(27)23-12-19(25(2)3)16-8-6-9-17(11-16)29-4/h5-11,14,19H,12-13H2,1-4H3,(H,23,27). The van der Waals surface area contributed by atoms with Gasteiger partial charge in [-0.25, -0.2) is 4.98 Å². The molecular weight excluding hydrogens is 368 g/mol. The highest BCUT2D eigenvalue weighted by Gasteiger charge is 2.17. The number of para-hydroxylation sites is 1. The molecule has 1 atom stereocenters. The van der Waals surface area contributed by atoms with Crippen LogP contribution in [-0.4, -0.2) is 48.1 Å². The minimum Gasteiger partial charge on any atom is -0.497 e. The fourth-order valence-electron chi connectivity index (χ4n) is 3.32. The number of hydrogen-bond donors (Lipinski definition) is 1. The fourth-order valence-corrected chi connectivity index (χ4v) is 3.32. The van der Waals surface area contributed by atoms with Crippen LogP contribution in [0.1, 0.15) is 17.2 Å². The van der Waals surface area contributed by atoms with Gasteiger partial charge < -0.3 is 15.0 Å². The van der Waals surface area contributed by atoms with E-state index in [1.807, 2.05) is 62.3 Å². The molecule has 152 valence electrons. The molecule has 1 N–H and O–H groups in total. The van der Waals surface area contributed by atoms with Gasteiger partial charge in [0.05, 0.1) is 30.4 Å². The van der Waals surface area contributed by atoms with E-state index in [4.69, 9.17) is 4.74 Å². The number of aryl methyl sites for hydroxylation is 1. The Bertz CT molecular complexity index is 1080. The maximum absolute atomic E-state index is 12.7. The van der Waals surface area contributed by atoms with Crippen LogP contribution in [0.5, 0.6) is 5.75 Å². The molecule has 0 bridgehead atoms. The van der Waals surface area contributed by atoms with Crippen LogP contribution in [0.3, 0.4) is 0 Å². The number of rotatable bonds is 7. The Morgan fingerprint density at radius 1 is 1.24 bits per heavy atom. The number of nitrogens with one attached hydrogen (secondary N) is 1. The van der Waals surface area contributed by atoms with Crippen LogP contribution < -0.4 is 15.6 Å². The zero-order chi connectivity index (χ0) is 21.0. The van der Waals surface area contributed by atoms with Crippen molar-refractivity contribution in [2.24, 2.45) is 0 Å². The molecule has 2 aromatic carbocycles. The van der Waals surface area contributed by atoms with Crippen molar-refractivity contribution in [3.8, 4) is 5.75 Å². The number of carbonyl (C=O) groups is 1. The van der Waals surface area contributed by atoms with Crippen molar-refractivity contribution < 1.29 is 9.53 Å². The molecule has 7 nitrogen and oxygen atoms in total. The summed E-state index contributed by atoms with van der Waals surface area (Å²) in [5.74, 6) is 0.528. The maximum atomic E-state index is 12.7. The summed E-state index contributed by atoms with van der Waals surface area (Å²) < 4.78 is 6.64. The molecule has 3 aromatic rings. The van der Waals surface area contributed by atoms with Crippen molar-refractivity contribution in [1.29, 1.82) is 0 Å². The molecule has 1 heterocycles. The average Bonchev–Trinajstić information content (AvgIpc) is 2.70. The van der Waals surface area contributed by atoms with E-state index in [1.165, 1.54) is 10.9 Å². The van der Waals surface area contributed by atoms with E-state index in [9.17, 15) is 9.59 Å². The monoisotopic (exact) mass is 394 g/mol. The van der Waals surface area contributed by atoms with Gasteiger partial charge in [0.25, 0.3) is 5.56 Å². The van der Waals surface area contributed by atoms with Gasteiger partial charge in [-0.3, -0.25) is 14.2 Å². The van der Waals surface area contributed by atoms with Crippen molar-refractivity contribution >= 4 is 16.8 Å². The summed E-state index contributed by atoms with van der Waals surface area (Å²) >= 11 is 0. The molecule has 0 saturated heterocycles. The van der Waals surface area contributed by atoms with Crippen molar-refractivity contribution in [2.45, 2.75) is 19.5 Å². The van der Waals surface area contributed by atoms with E-state index < -0.39 is 0 Å². The Morgan fingerprint density at radius 3 is 2.72 bits per heavy atom. The zero-order valence-corrected chi connectivity index (χ0v) is 17.2. The van der Waals surface area contributed by atoms with Crippen LogP contribution in [-0.2, 0) is 11.3 Å². The average molecular weight is 394 g/mol. The minimum atomic E-state index is -0.240. The van der Waals surface area contributed by atoms with E-state index in [0.29, 0.717) is 17.4 Å². The molecule has 29 heavy (non-hydrogen) atoms. The second-order valence-electron chi connectivity index (χ2n) is 7.21. The highest BCUT2D eigenvalue weighted by atomic mass is 16.5. The maximum Gasteiger partial charge on any atom is 0.261 e. The Hall–Kier alpha value is -3.19. The molecule has 3 rings (SSSR count). The van der Waals surface area contributed by atoms with Crippen LogP contribution >= 0.6 is 0 Å². The van der Waals surface area contributed by atoms with Crippen molar-refractivity contribution in [3.63, 3.8) is 0 Å². The fraction of sp³-hybridized carbons (Fsp3) is 0.318. The molecule has 0 saturated carbocycles. The zero-order valence-electron chi connectivity index (χ0n) is 17.2. The summed E-state index contributed by atoms with van der Waals surface area (Å²) in [5.41, 5.74) is 2.42. The van der Waals surface area contributed by atoms with Crippen LogP contribution in [0, 0.1) is 6.92 Å². The van der Waals surface area contributed by atoms with Gasteiger partial charge in [-0.05, 0) is 50.3 Å². The predicted molar refractivity (Wildman–Crippen MR) is 113 cm³/mol. The number of aromatic nitrogens is 2. The lowest BCUT2D eigenvalue weighted by Gasteiger charge is -2.25. The van der Waals surface area contributed by atoms with Gasteiger partial charge in [0.1, 0.15) is 12.3 Å². The van der Waals surface area contributed by atoms with Gasteiger partial charge in [-0.1, -0.05) is 24.3 Å². The molecule has 0 aliphatic rings. The third-order valence-electron chi connectivity index (χ3n) is 4.96. The number of methoxy groups -OCH3 is 1. The van der Waals surface area contributed by atoms with E-state index in [0.717, 1.165) is 16.9 Å². The van der Waals surface area contributed by atoms with Crippen molar-refractivity contribution in [1.82, 2.24) is 19.8 Å². The third-order valence-corrected chi connectivity index (χ3v) is 4.96. The highest BCUT2D eigenvalue weighted by molar-refractivity contribution is 5.81. The number of fused-ring (bicyclic) bond motifs is 1. The first-order valence-electron chi connectivity index (χ1n) is 9.42. The molecule has 7 heteroatoms. The number of likely N-dealkylation sites (N-methyl/N-ethyl adjacent to an activating group) is 1. The number of ether oxygens (including phenoxy) is 1. The molecule has 1 unspecified atom stereocenters. The first-order chi connectivity index (χ1) is 13.9. The molecular formula is C22H26N4O3. The van der Waals surface area contributed by atoms with Crippen LogP contribution in [0.2, 0.25) is 0 Å². The molecule has 0 spiro atoms. The van der Waals surface area contributed by atoms with E-state index in [2.05, 4.69) is 10.3 Å². The van der Waals surface area contributed by atoms with Gasteiger partial charge in [0, 0.05) is 6.54 Å². The number of benzene rings is 2. The van der Waals surface area contributed by atoms with Crippen molar-refractivity contribution in [2.75, 3.05) is 27.7 Å². The van der Waals surface area contributed by atoms with Crippen LogP contribution in [0.25, 0.3) is 10.9 Å². The lowest BCUT2D eigenvalue weighted by atomic mass is 10.1. The van der Waals surface area contributed by atoms with Gasteiger partial charge in [0.15, 0.2) is 0 Å². The number of hydrogen-bond acceptors (Lipinski definition) is 5. The molecule has 0 aliphatic heterocycles. The summed E-state index contributed by atoms with van der Waals surface area (Å²) in [5, 5.41) is 3.44. The highest BCUT2D eigenvalue weighted by Crippen LogP contribution is 2.22. The van der Waals surface area contributed by atoms with Crippen LogP contribution in [0.15, 0.2) is 53.6 Å². The minimum absolute atomic E-state index is 0.0249. The molecule has 1 amide bonds. The summed E-state index contributed by atoms with van der Waals surface area (Å²) in [6, 6.07) is 13.2. The largest absolute Gasteiger partial charge is 0.497 e. The van der Waals surface area contributed by atoms with Crippen LogP contribution in [0.4, 0.5) is 0 Å². The first kappa shape index (κ1) is 20.5. The van der Waals surface area contributed by atoms with Gasteiger partial charge in [-0.15, -0.1) is 0 Å². The molecule has 0 radical (unpaired) electrons. The number of amides is 1. The Balaban J connectivity index is 1.72. The summed E-state index contributed by atoms with van der Waals surface area (Å²) in [6.45, 7) is 2.24. The number of carbonyl (C=O) groups excluding carboxylic acids is 1. The number of nitrogens with zero attached hydrogens (tertiary/aromatic N) is 3. The summed E-state index contributed by atoms with van der Waals surface area (Å²) in [7, 11) is 5.54. The van der Waals surface area contributed by atoms with Gasteiger partial charge in [0.2, 0.25) is 5.91 Å². The molecule has 1 aromatic heterocycles. The SMILES string of the molecule is COc1cccc(C(CNC(=O)Cn2cnc3c(C)cccc3c2=O)N(C)C)c1. The Labute approximate surface area is 169 Å². The van der Waals surface area contributed by atoms with E-state index >= 15 is 0 Å². The van der Waals surface area contributed by atoms with Crippen molar-refractivity contribution in [3.05, 3.63) is 70.3 Å². The smallest absolute Gasteiger partial charge is 0.261 e. The van der Waals surface area contributed by atoms with Gasteiger partial charge in [-0.2, -0.15) is 0 Å².